The van der Waals surface area contributed by atoms with E-state index in [1.807, 2.05) is 19.1 Å². The lowest BCUT2D eigenvalue weighted by molar-refractivity contribution is 0.799. The molecule has 2 aromatic heterocycles. The molecule has 0 unspecified atom stereocenters. The standard InChI is InChI=1S/C12H11ClN4/c1-8-3-4-12(15-7-8)17-11(5-13)10(6-14)9(2)16-17/h3-4,7H,5H2,1-2H3. The van der Waals surface area contributed by atoms with Crippen molar-refractivity contribution in [3.05, 3.63) is 40.8 Å². The van der Waals surface area contributed by atoms with Crippen molar-refractivity contribution in [2.75, 3.05) is 0 Å². The molecule has 0 aliphatic heterocycles. The van der Waals surface area contributed by atoms with Crippen molar-refractivity contribution in [1.82, 2.24) is 14.8 Å². The van der Waals surface area contributed by atoms with Gasteiger partial charge < -0.3 is 0 Å². The fourth-order valence-electron chi connectivity index (χ4n) is 1.62. The van der Waals surface area contributed by atoms with Gasteiger partial charge in [0.05, 0.1) is 22.8 Å². The minimum atomic E-state index is 0.235. The van der Waals surface area contributed by atoms with E-state index in [4.69, 9.17) is 16.9 Å². The van der Waals surface area contributed by atoms with Gasteiger partial charge in [-0.2, -0.15) is 10.4 Å². The molecule has 0 amide bonds. The number of nitriles is 1. The lowest BCUT2D eigenvalue weighted by atomic mass is 10.2. The second-order valence-electron chi connectivity index (χ2n) is 3.76. The summed E-state index contributed by atoms with van der Waals surface area (Å²) in [5.41, 5.74) is 2.96. The minimum Gasteiger partial charge on any atom is -0.237 e. The quantitative estimate of drug-likeness (QED) is 0.765. The van der Waals surface area contributed by atoms with Crippen LogP contribution < -0.4 is 0 Å². The highest BCUT2D eigenvalue weighted by Gasteiger charge is 2.15. The molecular weight excluding hydrogens is 236 g/mol. The molecule has 0 aromatic carbocycles. The van der Waals surface area contributed by atoms with Gasteiger partial charge in [-0.25, -0.2) is 9.67 Å². The van der Waals surface area contributed by atoms with Crippen LogP contribution in [-0.2, 0) is 5.88 Å². The Morgan fingerprint density at radius 3 is 2.71 bits per heavy atom. The SMILES string of the molecule is Cc1ccc(-n2nc(C)c(C#N)c2CCl)nc1. The first-order valence-corrected chi connectivity index (χ1v) is 5.68. The molecule has 5 heteroatoms. The van der Waals surface area contributed by atoms with Crippen LogP contribution in [-0.4, -0.2) is 14.8 Å². The first kappa shape index (κ1) is 11.6. The van der Waals surface area contributed by atoms with Crippen LogP contribution in [0.4, 0.5) is 0 Å². The number of aryl methyl sites for hydroxylation is 2. The average Bonchev–Trinajstić information content (AvgIpc) is 2.66. The third-order valence-electron chi connectivity index (χ3n) is 2.51. The molecular formula is C12H11ClN4. The molecule has 0 spiro atoms. The summed E-state index contributed by atoms with van der Waals surface area (Å²) in [5.74, 6) is 0.912. The zero-order valence-corrected chi connectivity index (χ0v) is 10.4. The van der Waals surface area contributed by atoms with Crippen molar-refractivity contribution in [3.63, 3.8) is 0 Å². The number of aromatic nitrogens is 3. The second kappa shape index (κ2) is 4.56. The van der Waals surface area contributed by atoms with Gasteiger partial charge in [-0.1, -0.05) is 6.07 Å². The summed E-state index contributed by atoms with van der Waals surface area (Å²) < 4.78 is 1.63. The lowest BCUT2D eigenvalue weighted by Gasteiger charge is -2.04. The molecule has 2 aromatic rings. The Morgan fingerprint density at radius 2 is 2.18 bits per heavy atom. The number of alkyl halides is 1. The highest BCUT2D eigenvalue weighted by atomic mass is 35.5. The van der Waals surface area contributed by atoms with Gasteiger partial charge in [0.2, 0.25) is 0 Å². The first-order chi connectivity index (χ1) is 8.17. The Kier molecular flexibility index (Phi) is 3.12. The first-order valence-electron chi connectivity index (χ1n) is 5.15. The Bertz CT molecular complexity index is 578. The molecule has 17 heavy (non-hydrogen) atoms. The van der Waals surface area contributed by atoms with E-state index in [1.165, 1.54) is 0 Å². The smallest absolute Gasteiger partial charge is 0.153 e. The van der Waals surface area contributed by atoms with Crippen molar-refractivity contribution in [1.29, 1.82) is 5.26 Å². The highest BCUT2D eigenvalue weighted by molar-refractivity contribution is 6.17. The third-order valence-corrected chi connectivity index (χ3v) is 2.76. The van der Waals surface area contributed by atoms with E-state index in [0.29, 0.717) is 22.8 Å². The fourth-order valence-corrected chi connectivity index (χ4v) is 1.87. The van der Waals surface area contributed by atoms with Crippen LogP contribution in [0.2, 0.25) is 0 Å². The van der Waals surface area contributed by atoms with Crippen LogP contribution in [0.3, 0.4) is 0 Å². The minimum absolute atomic E-state index is 0.235. The summed E-state index contributed by atoms with van der Waals surface area (Å²) in [4.78, 5) is 4.28. The van der Waals surface area contributed by atoms with Crippen LogP contribution in [0.15, 0.2) is 18.3 Å². The van der Waals surface area contributed by atoms with Gasteiger partial charge in [-0.15, -0.1) is 11.6 Å². The monoisotopic (exact) mass is 246 g/mol. The largest absolute Gasteiger partial charge is 0.237 e. The average molecular weight is 247 g/mol. The molecule has 2 rings (SSSR count). The molecule has 0 aliphatic rings. The van der Waals surface area contributed by atoms with E-state index in [1.54, 1.807) is 17.8 Å². The summed E-state index contributed by atoms with van der Waals surface area (Å²) in [6.07, 6.45) is 1.76. The van der Waals surface area contributed by atoms with Gasteiger partial charge in [0.1, 0.15) is 6.07 Å². The number of hydrogen-bond acceptors (Lipinski definition) is 3. The number of hydrogen-bond donors (Lipinski definition) is 0. The molecule has 0 atom stereocenters. The van der Waals surface area contributed by atoms with E-state index < -0.39 is 0 Å². The molecule has 0 saturated heterocycles. The normalized spacial score (nSPS) is 10.2. The van der Waals surface area contributed by atoms with Crippen LogP contribution >= 0.6 is 11.6 Å². The topological polar surface area (TPSA) is 54.5 Å². The number of rotatable bonds is 2. The van der Waals surface area contributed by atoms with E-state index >= 15 is 0 Å². The van der Waals surface area contributed by atoms with Gasteiger partial charge in [0.15, 0.2) is 5.82 Å². The number of halogens is 1. The van der Waals surface area contributed by atoms with Crippen molar-refractivity contribution in [2.45, 2.75) is 19.7 Å². The van der Waals surface area contributed by atoms with Crippen molar-refractivity contribution in [3.8, 4) is 11.9 Å². The molecule has 0 bridgehead atoms. The van der Waals surface area contributed by atoms with E-state index in [-0.39, 0.29) is 5.88 Å². The van der Waals surface area contributed by atoms with E-state index in [9.17, 15) is 0 Å². The summed E-state index contributed by atoms with van der Waals surface area (Å²) >= 11 is 5.87. The predicted molar refractivity (Wildman–Crippen MR) is 65.1 cm³/mol. The number of nitrogens with zero attached hydrogens (tertiary/aromatic N) is 4. The maximum absolute atomic E-state index is 9.05. The van der Waals surface area contributed by atoms with Gasteiger partial charge >= 0.3 is 0 Å². The summed E-state index contributed by atoms with van der Waals surface area (Å²) in [6.45, 7) is 3.76. The van der Waals surface area contributed by atoms with E-state index in [2.05, 4.69) is 16.2 Å². The Morgan fingerprint density at radius 1 is 1.41 bits per heavy atom. The molecule has 0 aliphatic carbocycles. The Balaban J connectivity index is 2.60. The van der Waals surface area contributed by atoms with Crippen LogP contribution in [0.1, 0.15) is 22.5 Å². The fraction of sp³-hybridized carbons (Fsp3) is 0.250. The van der Waals surface area contributed by atoms with Crippen molar-refractivity contribution >= 4 is 11.6 Å². The maximum Gasteiger partial charge on any atom is 0.153 e. The molecule has 4 nitrogen and oxygen atoms in total. The lowest BCUT2D eigenvalue weighted by Crippen LogP contribution is -2.03. The van der Waals surface area contributed by atoms with Gasteiger partial charge in [0.25, 0.3) is 0 Å². The second-order valence-corrected chi connectivity index (χ2v) is 4.03. The number of pyridine rings is 1. The van der Waals surface area contributed by atoms with Crippen LogP contribution in [0.5, 0.6) is 0 Å². The maximum atomic E-state index is 9.05. The molecule has 0 radical (unpaired) electrons. The molecule has 0 N–H and O–H groups in total. The predicted octanol–water partition coefficient (Wildman–Crippen LogP) is 2.49. The zero-order valence-electron chi connectivity index (χ0n) is 9.61. The molecule has 0 saturated carbocycles. The van der Waals surface area contributed by atoms with Crippen LogP contribution in [0.25, 0.3) is 5.82 Å². The van der Waals surface area contributed by atoms with E-state index in [0.717, 1.165) is 5.56 Å². The zero-order chi connectivity index (χ0) is 12.4. The molecule has 86 valence electrons. The van der Waals surface area contributed by atoms with Gasteiger partial charge in [-0.3, -0.25) is 0 Å². The van der Waals surface area contributed by atoms with Gasteiger partial charge in [-0.05, 0) is 25.5 Å². The van der Waals surface area contributed by atoms with Crippen molar-refractivity contribution in [2.24, 2.45) is 0 Å². The van der Waals surface area contributed by atoms with Crippen LogP contribution in [0, 0.1) is 25.2 Å². The summed E-state index contributed by atoms with van der Waals surface area (Å²) in [6, 6.07) is 5.93. The summed E-state index contributed by atoms with van der Waals surface area (Å²) in [7, 11) is 0. The summed E-state index contributed by atoms with van der Waals surface area (Å²) in [5, 5.41) is 13.4. The van der Waals surface area contributed by atoms with Crippen molar-refractivity contribution < 1.29 is 0 Å². The highest BCUT2D eigenvalue weighted by Crippen LogP contribution is 2.18. The Labute approximate surface area is 104 Å². The van der Waals surface area contributed by atoms with Gasteiger partial charge in [0, 0.05) is 6.20 Å². The Hall–Kier alpha value is -1.86. The molecule has 0 fully saturated rings. The molecule has 2 heterocycles. The third kappa shape index (κ3) is 2.02.